The fourth-order valence-electron chi connectivity index (χ4n) is 4.67. The van der Waals surface area contributed by atoms with Crippen molar-refractivity contribution in [2.24, 2.45) is 11.7 Å². The number of amides is 1. The van der Waals surface area contributed by atoms with Crippen molar-refractivity contribution in [1.29, 1.82) is 0 Å². The van der Waals surface area contributed by atoms with Gasteiger partial charge in [0.2, 0.25) is 0 Å². The van der Waals surface area contributed by atoms with E-state index in [-0.39, 0.29) is 30.7 Å². The maximum absolute atomic E-state index is 13.1. The summed E-state index contributed by atoms with van der Waals surface area (Å²) in [6.07, 6.45) is 0. The third-order valence-electron chi connectivity index (χ3n) is 6.56. The fourth-order valence-corrected chi connectivity index (χ4v) is 4.67. The van der Waals surface area contributed by atoms with Crippen molar-refractivity contribution in [1.82, 2.24) is 9.80 Å². The Hall–Kier alpha value is -1.79. The number of carbonyl (C=O) groups excluding carboxylic acids is 1. The van der Waals surface area contributed by atoms with Crippen molar-refractivity contribution in [2.75, 3.05) is 57.3 Å². The Morgan fingerprint density at radius 3 is 2.16 bits per heavy atom. The zero-order valence-electron chi connectivity index (χ0n) is 18.2. The first-order valence-corrected chi connectivity index (χ1v) is 10.8. The van der Waals surface area contributed by atoms with Gasteiger partial charge in [0.1, 0.15) is 0 Å². The van der Waals surface area contributed by atoms with E-state index in [1.807, 2.05) is 23.1 Å². The summed E-state index contributed by atoms with van der Waals surface area (Å²) in [5, 5.41) is 0. The van der Waals surface area contributed by atoms with Crippen molar-refractivity contribution in [3.05, 3.63) is 65.7 Å². The van der Waals surface area contributed by atoms with E-state index in [1.165, 1.54) is 11.3 Å². The summed E-state index contributed by atoms with van der Waals surface area (Å²) in [7, 11) is 0. The van der Waals surface area contributed by atoms with Crippen LogP contribution in [0.1, 0.15) is 28.8 Å². The highest BCUT2D eigenvalue weighted by molar-refractivity contribution is 5.94. The van der Waals surface area contributed by atoms with Gasteiger partial charge in [-0.05, 0) is 48.8 Å². The van der Waals surface area contributed by atoms with Crippen LogP contribution < -0.4 is 10.6 Å². The summed E-state index contributed by atoms with van der Waals surface area (Å²) >= 11 is 0. The maximum Gasteiger partial charge on any atom is 0.253 e. The van der Waals surface area contributed by atoms with Crippen LogP contribution in [0, 0.1) is 5.92 Å². The molecule has 7 heteroatoms. The van der Waals surface area contributed by atoms with E-state index in [9.17, 15) is 4.79 Å². The lowest BCUT2D eigenvalue weighted by atomic mass is 9.89. The van der Waals surface area contributed by atoms with E-state index < -0.39 is 0 Å². The quantitative estimate of drug-likeness (QED) is 0.735. The lowest BCUT2D eigenvalue weighted by Crippen LogP contribution is -2.46. The predicted octanol–water partition coefficient (Wildman–Crippen LogP) is 3.49. The van der Waals surface area contributed by atoms with E-state index in [0.717, 1.165) is 51.4 Å². The van der Waals surface area contributed by atoms with Gasteiger partial charge >= 0.3 is 0 Å². The third kappa shape index (κ3) is 5.72. The molecule has 170 valence electrons. The highest BCUT2D eigenvalue weighted by Gasteiger charge is 2.35. The fraction of sp³-hybridized carbons (Fsp3) is 0.458. The second-order valence-corrected chi connectivity index (χ2v) is 8.19. The molecular formula is C24H34Cl2N4O. The molecule has 2 saturated heterocycles. The van der Waals surface area contributed by atoms with Crippen LogP contribution in [0.3, 0.4) is 0 Å². The molecule has 2 aliphatic rings. The Bertz CT molecular complexity index is 810. The number of hydrogen-bond donors (Lipinski definition) is 1. The second-order valence-electron chi connectivity index (χ2n) is 8.19. The van der Waals surface area contributed by atoms with Crippen LogP contribution in [0.5, 0.6) is 0 Å². The van der Waals surface area contributed by atoms with Crippen molar-refractivity contribution < 1.29 is 4.79 Å². The molecule has 2 N–H and O–H groups in total. The Morgan fingerprint density at radius 1 is 0.935 bits per heavy atom. The summed E-state index contributed by atoms with van der Waals surface area (Å²) in [4.78, 5) is 20.0. The Labute approximate surface area is 198 Å². The number of piperazine rings is 1. The number of benzene rings is 2. The number of nitrogens with zero attached hydrogens (tertiary/aromatic N) is 3. The Balaban J connectivity index is 0.00000171. The summed E-state index contributed by atoms with van der Waals surface area (Å²) in [6, 6.07) is 18.6. The first kappa shape index (κ1) is 25.5. The molecule has 0 aromatic heterocycles. The Kier molecular flexibility index (Phi) is 9.63. The number of carbonyl (C=O) groups is 1. The van der Waals surface area contributed by atoms with Gasteiger partial charge in [0.15, 0.2) is 0 Å². The van der Waals surface area contributed by atoms with Crippen molar-refractivity contribution >= 4 is 36.4 Å². The van der Waals surface area contributed by atoms with Crippen molar-refractivity contribution in [2.45, 2.75) is 12.8 Å². The second kappa shape index (κ2) is 11.7. The van der Waals surface area contributed by atoms with Crippen LogP contribution in [0.15, 0.2) is 54.6 Å². The molecular weight excluding hydrogens is 431 g/mol. The maximum atomic E-state index is 13.1. The first-order chi connectivity index (χ1) is 14.2. The van der Waals surface area contributed by atoms with Crippen molar-refractivity contribution in [3.63, 3.8) is 0 Å². The molecule has 2 aliphatic heterocycles. The molecule has 0 radical (unpaired) electrons. The highest BCUT2D eigenvalue weighted by atomic mass is 35.5. The molecule has 2 atom stereocenters. The van der Waals surface area contributed by atoms with Gasteiger partial charge in [-0.2, -0.15) is 0 Å². The van der Waals surface area contributed by atoms with E-state index in [4.69, 9.17) is 5.73 Å². The number of rotatable bonds is 5. The molecule has 2 heterocycles. The van der Waals surface area contributed by atoms with E-state index in [1.54, 1.807) is 0 Å². The molecule has 0 aliphatic carbocycles. The summed E-state index contributed by atoms with van der Waals surface area (Å²) in [5.41, 5.74) is 9.29. The third-order valence-corrected chi connectivity index (χ3v) is 6.56. The van der Waals surface area contributed by atoms with E-state index in [2.05, 4.69) is 53.1 Å². The zero-order chi connectivity index (χ0) is 20.2. The van der Waals surface area contributed by atoms with Crippen LogP contribution in [-0.4, -0.2) is 68.1 Å². The predicted molar refractivity (Wildman–Crippen MR) is 133 cm³/mol. The largest absolute Gasteiger partial charge is 0.369 e. The SMILES string of the molecule is CCN1CCN(c2ccc(C(=O)N3C[C@@H](CN)[C@H](c4ccccc4)C3)cc2)CC1.Cl.Cl. The molecule has 2 aromatic rings. The Morgan fingerprint density at radius 2 is 1.58 bits per heavy atom. The van der Waals surface area contributed by atoms with Crippen LogP contribution in [0.2, 0.25) is 0 Å². The molecule has 4 rings (SSSR count). The minimum atomic E-state index is 0. The smallest absolute Gasteiger partial charge is 0.253 e. The monoisotopic (exact) mass is 464 g/mol. The summed E-state index contributed by atoms with van der Waals surface area (Å²) in [6.45, 7) is 9.71. The van der Waals surface area contributed by atoms with Gasteiger partial charge in [0.25, 0.3) is 5.91 Å². The molecule has 1 amide bonds. The van der Waals surface area contributed by atoms with Crippen molar-refractivity contribution in [3.8, 4) is 0 Å². The van der Waals surface area contributed by atoms with Gasteiger partial charge in [-0.15, -0.1) is 24.8 Å². The summed E-state index contributed by atoms with van der Waals surface area (Å²) < 4.78 is 0. The molecule has 0 saturated carbocycles. The number of anilines is 1. The molecule has 5 nitrogen and oxygen atoms in total. The average molecular weight is 465 g/mol. The first-order valence-electron chi connectivity index (χ1n) is 10.8. The van der Waals surface area contributed by atoms with Gasteiger partial charge in [-0.1, -0.05) is 37.3 Å². The minimum Gasteiger partial charge on any atom is -0.369 e. The van der Waals surface area contributed by atoms with Gasteiger partial charge in [-0.3, -0.25) is 4.79 Å². The number of hydrogen-bond acceptors (Lipinski definition) is 4. The van der Waals surface area contributed by atoms with E-state index >= 15 is 0 Å². The zero-order valence-corrected chi connectivity index (χ0v) is 19.8. The number of likely N-dealkylation sites (N-methyl/N-ethyl adjacent to an activating group) is 1. The van der Waals surface area contributed by atoms with Gasteiger partial charge in [0, 0.05) is 56.4 Å². The van der Waals surface area contributed by atoms with Gasteiger partial charge in [-0.25, -0.2) is 0 Å². The molecule has 0 bridgehead atoms. The van der Waals surface area contributed by atoms with Gasteiger partial charge in [0.05, 0.1) is 0 Å². The lowest BCUT2D eigenvalue weighted by molar-refractivity contribution is 0.0786. The van der Waals surface area contributed by atoms with E-state index in [0.29, 0.717) is 18.4 Å². The normalized spacial score (nSPS) is 21.4. The minimum absolute atomic E-state index is 0. The lowest BCUT2D eigenvalue weighted by Gasteiger charge is -2.35. The number of likely N-dealkylation sites (tertiary alicyclic amines) is 1. The van der Waals surface area contributed by atoms with Crippen LogP contribution in [-0.2, 0) is 0 Å². The standard InChI is InChI=1S/C24H32N4O.2ClH/c1-2-26-12-14-27(15-13-26)22-10-8-20(9-11-22)24(29)28-17-21(16-25)23(18-28)19-6-4-3-5-7-19;;/h3-11,21,23H,2,12-18,25H2,1H3;2*1H/t21-,23+;;/m1../s1. The van der Waals surface area contributed by atoms with Crippen LogP contribution in [0.4, 0.5) is 5.69 Å². The molecule has 2 aromatic carbocycles. The number of halogens is 2. The molecule has 31 heavy (non-hydrogen) atoms. The molecule has 2 fully saturated rings. The number of nitrogens with two attached hydrogens (primary N) is 1. The molecule has 0 unspecified atom stereocenters. The highest BCUT2D eigenvalue weighted by Crippen LogP contribution is 2.33. The van der Waals surface area contributed by atoms with Gasteiger partial charge < -0.3 is 20.4 Å². The van der Waals surface area contributed by atoms with Crippen LogP contribution >= 0.6 is 24.8 Å². The summed E-state index contributed by atoms with van der Waals surface area (Å²) in [5.74, 6) is 0.749. The van der Waals surface area contributed by atoms with Crippen LogP contribution in [0.25, 0.3) is 0 Å². The average Bonchev–Trinajstić information content (AvgIpc) is 3.24. The topological polar surface area (TPSA) is 52.8 Å². The molecule has 0 spiro atoms.